The maximum Gasteiger partial charge on any atom is 0.322 e. The number of rotatable bonds is 11. The molecule has 0 aliphatic rings. The van der Waals surface area contributed by atoms with Gasteiger partial charge in [-0.1, -0.05) is 55.9 Å². The van der Waals surface area contributed by atoms with E-state index in [1.54, 1.807) is 0 Å². The summed E-state index contributed by atoms with van der Waals surface area (Å²) in [7, 11) is -3.62. The van der Waals surface area contributed by atoms with Crippen LogP contribution in [-0.2, 0) is 10.0 Å². The second-order valence-electron chi connectivity index (χ2n) is 7.30. The summed E-state index contributed by atoms with van der Waals surface area (Å²) in [6.07, 6.45) is -0.443. The fraction of sp³-hybridized carbons (Fsp3) is 0.526. The molecule has 0 radical (unpaired) electrons. The van der Waals surface area contributed by atoms with Crippen LogP contribution in [0, 0.1) is 5.92 Å². The van der Waals surface area contributed by atoms with Gasteiger partial charge in [-0.25, -0.2) is 8.42 Å². The Morgan fingerprint density at radius 3 is 2.37 bits per heavy atom. The van der Waals surface area contributed by atoms with Crippen LogP contribution in [0.3, 0.4) is 0 Å². The van der Waals surface area contributed by atoms with Gasteiger partial charge in [0.05, 0.1) is 12.9 Å². The number of aromatic nitrogens is 3. The number of hydrogen-bond donors (Lipinski definition) is 3. The smallest absolute Gasteiger partial charge is 0.322 e. The van der Waals surface area contributed by atoms with Crippen LogP contribution in [0.4, 0.5) is 5.95 Å². The zero-order valence-electron chi connectivity index (χ0n) is 17.4. The van der Waals surface area contributed by atoms with E-state index in [1.165, 1.54) is 11.8 Å². The monoisotopic (exact) mass is 456 g/mol. The number of aliphatic hydroxyl groups is 2. The molecule has 1 heterocycles. The third-order valence-corrected chi connectivity index (χ3v) is 5.57. The Balaban J connectivity index is 2.33. The standard InChI is InChI=1S/C19H28N4O5S2/c1-12(2)10-16(15(25)11-24)28-18-20-17(23-30(4,26)27)21-19(22-18)29-13(3)14-8-6-5-7-9-14/h5-9,12-13,15-16,24-25H,10-11H2,1-4H3,(H,20,21,22,23)/t13-,15-,16+/m0/s1. The molecule has 0 saturated heterocycles. The summed E-state index contributed by atoms with van der Waals surface area (Å²) >= 11 is 1.32. The van der Waals surface area contributed by atoms with Gasteiger partial charge in [0.15, 0.2) is 5.16 Å². The highest BCUT2D eigenvalue weighted by molar-refractivity contribution is 7.99. The van der Waals surface area contributed by atoms with Crippen molar-refractivity contribution < 1.29 is 23.4 Å². The van der Waals surface area contributed by atoms with E-state index in [2.05, 4.69) is 19.7 Å². The van der Waals surface area contributed by atoms with Crippen LogP contribution < -0.4 is 9.46 Å². The molecule has 1 aromatic carbocycles. The van der Waals surface area contributed by atoms with Crippen LogP contribution in [-0.4, -0.2) is 58.7 Å². The number of nitrogens with one attached hydrogen (secondary N) is 1. The highest BCUT2D eigenvalue weighted by atomic mass is 32.2. The van der Waals surface area contributed by atoms with E-state index < -0.39 is 28.8 Å². The highest BCUT2D eigenvalue weighted by Crippen LogP contribution is 2.33. The normalized spacial score (nSPS) is 14.9. The summed E-state index contributed by atoms with van der Waals surface area (Å²) in [4.78, 5) is 12.5. The Morgan fingerprint density at radius 1 is 1.13 bits per heavy atom. The van der Waals surface area contributed by atoms with Crippen molar-refractivity contribution in [1.29, 1.82) is 0 Å². The topological polar surface area (TPSA) is 135 Å². The minimum atomic E-state index is -3.62. The van der Waals surface area contributed by atoms with Crippen LogP contribution in [0.5, 0.6) is 6.01 Å². The van der Waals surface area contributed by atoms with Gasteiger partial charge in [0.2, 0.25) is 16.0 Å². The Labute approximate surface area is 181 Å². The van der Waals surface area contributed by atoms with E-state index in [1.807, 2.05) is 51.1 Å². The lowest BCUT2D eigenvalue weighted by atomic mass is 10.0. The minimum Gasteiger partial charge on any atom is -0.457 e. The molecule has 0 fully saturated rings. The van der Waals surface area contributed by atoms with Gasteiger partial charge in [-0.05, 0) is 24.8 Å². The molecule has 2 aromatic rings. The third kappa shape index (κ3) is 8.05. The van der Waals surface area contributed by atoms with Crippen molar-refractivity contribution in [1.82, 2.24) is 15.0 Å². The predicted octanol–water partition coefficient (Wildman–Crippen LogP) is 2.24. The first-order valence-corrected chi connectivity index (χ1v) is 12.3. The minimum absolute atomic E-state index is 0.0120. The number of sulfonamides is 1. The summed E-state index contributed by atoms with van der Waals surface area (Å²) in [5.74, 6) is 0.00523. The first kappa shape index (κ1) is 24.3. The van der Waals surface area contributed by atoms with Gasteiger partial charge in [-0.15, -0.1) is 0 Å². The average molecular weight is 457 g/mol. The fourth-order valence-corrected chi connectivity index (χ4v) is 3.91. The maximum absolute atomic E-state index is 11.7. The van der Waals surface area contributed by atoms with Gasteiger partial charge < -0.3 is 14.9 Å². The highest BCUT2D eigenvalue weighted by Gasteiger charge is 2.24. The van der Waals surface area contributed by atoms with Gasteiger partial charge in [0.25, 0.3) is 0 Å². The van der Waals surface area contributed by atoms with Crippen LogP contribution in [0.15, 0.2) is 35.5 Å². The molecule has 2 rings (SSSR count). The van der Waals surface area contributed by atoms with Crippen molar-refractivity contribution in [2.24, 2.45) is 5.92 Å². The molecule has 9 nitrogen and oxygen atoms in total. The molecule has 0 amide bonds. The van der Waals surface area contributed by atoms with Crippen molar-refractivity contribution in [3.05, 3.63) is 35.9 Å². The van der Waals surface area contributed by atoms with Crippen molar-refractivity contribution in [3.63, 3.8) is 0 Å². The summed E-state index contributed by atoms with van der Waals surface area (Å²) in [6, 6.07) is 9.60. The second kappa shape index (κ2) is 10.9. The van der Waals surface area contributed by atoms with Crippen molar-refractivity contribution in [2.75, 3.05) is 17.6 Å². The lowest BCUT2D eigenvalue weighted by molar-refractivity contribution is -0.0138. The lowest BCUT2D eigenvalue weighted by Crippen LogP contribution is -2.36. The summed E-state index contributed by atoms with van der Waals surface area (Å²) in [5.41, 5.74) is 1.05. The van der Waals surface area contributed by atoms with Crippen LogP contribution in [0.2, 0.25) is 0 Å². The number of hydrogen-bond acceptors (Lipinski definition) is 9. The van der Waals surface area contributed by atoms with Crippen molar-refractivity contribution in [3.8, 4) is 6.01 Å². The number of benzene rings is 1. The molecular weight excluding hydrogens is 428 g/mol. The van der Waals surface area contributed by atoms with Crippen LogP contribution in [0.1, 0.15) is 38.0 Å². The van der Waals surface area contributed by atoms with E-state index >= 15 is 0 Å². The molecule has 0 aliphatic heterocycles. The summed E-state index contributed by atoms with van der Waals surface area (Å²) in [5, 5.41) is 19.7. The zero-order chi connectivity index (χ0) is 22.3. The number of ether oxygens (including phenoxy) is 1. The Hall–Kier alpha value is -1.95. The van der Waals surface area contributed by atoms with E-state index in [0.717, 1.165) is 11.8 Å². The number of aliphatic hydroxyl groups excluding tert-OH is 2. The number of thioether (sulfide) groups is 1. The Bertz CT molecular complexity index is 912. The Morgan fingerprint density at radius 2 is 1.80 bits per heavy atom. The van der Waals surface area contributed by atoms with E-state index in [0.29, 0.717) is 6.42 Å². The predicted molar refractivity (Wildman–Crippen MR) is 116 cm³/mol. The van der Waals surface area contributed by atoms with Gasteiger partial charge in [-0.3, -0.25) is 4.72 Å². The molecule has 166 valence electrons. The van der Waals surface area contributed by atoms with Gasteiger partial charge in [0.1, 0.15) is 12.2 Å². The number of nitrogens with zero attached hydrogens (tertiary/aromatic N) is 3. The molecule has 1 aromatic heterocycles. The largest absolute Gasteiger partial charge is 0.457 e. The number of anilines is 1. The van der Waals surface area contributed by atoms with Gasteiger partial charge in [0, 0.05) is 5.25 Å². The molecule has 0 spiro atoms. The SMILES string of the molecule is CC(C)C[C@@H](Oc1nc(NS(C)(=O)=O)nc(S[C@@H](C)c2ccccc2)n1)[C@@H](O)CO. The molecular formula is C19H28N4O5S2. The van der Waals surface area contributed by atoms with Crippen LogP contribution in [0.25, 0.3) is 0 Å². The average Bonchev–Trinajstić information content (AvgIpc) is 2.65. The van der Waals surface area contributed by atoms with Gasteiger partial charge in [-0.2, -0.15) is 15.0 Å². The lowest BCUT2D eigenvalue weighted by Gasteiger charge is -2.23. The fourth-order valence-electron chi connectivity index (χ4n) is 2.61. The zero-order valence-corrected chi connectivity index (χ0v) is 19.0. The van der Waals surface area contributed by atoms with E-state index in [9.17, 15) is 18.6 Å². The molecule has 11 heteroatoms. The van der Waals surface area contributed by atoms with Crippen molar-refractivity contribution >= 4 is 27.7 Å². The van der Waals surface area contributed by atoms with Crippen LogP contribution >= 0.6 is 11.8 Å². The van der Waals surface area contributed by atoms with Gasteiger partial charge >= 0.3 is 6.01 Å². The first-order chi connectivity index (χ1) is 14.1. The molecule has 0 saturated carbocycles. The second-order valence-corrected chi connectivity index (χ2v) is 10.4. The first-order valence-electron chi connectivity index (χ1n) is 9.48. The van der Waals surface area contributed by atoms with E-state index in [-0.39, 0.29) is 28.3 Å². The van der Waals surface area contributed by atoms with Crippen molar-refractivity contribution in [2.45, 2.75) is 49.8 Å². The molecule has 3 atom stereocenters. The molecule has 0 unspecified atom stereocenters. The Kier molecular flexibility index (Phi) is 8.83. The molecule has 0 bridgehead atoms. The maximum atomic E-state index is 11.7. The molecule has 3 N–H and O–H groups in total. The van der Waals surface area contributed by atoms with E-state index in [4.69, 9.17) is 4.74 Å². The quantitative estimate of drug-likeness (QED) is 0.435. The molecule has 0 aliphatic carbocycles. The summed E-state index contributed by atoms with van der Waals surface area (Å²) in [6.45, 7) is 5.40. The summed E-state index contributed by atoms with van der Waals surface area (Å²) < 4.78 is 31.3. The molecule has 30 heavy (non-hydrogen) atoms. The third-order valence-electron chi connectivity index (χ3n) is 4.00.